The van der Waals surface area contributed by atoms with Crippen LogP contribution in [0.25, 0.3) is 11.6 Å². The summed E-state index contributed by atoms with van der Waals surface area (Å²) in [5.41, 5.74) is 1.38. The molecule has 0 fully saturated rings. The molecule has 0 aliphatic heterocycles. The highest BCUT2D eigenvalue weighted by atomic mass is 16.3. The molecule has 0 amide bonds. The third kappa shape index (κ3) is 4.41. The van der Waals surface area contributed by atoms with E-state index in [0.29, 0.717) is 23.8 Å². The van der Waals surface area contributed by atoms with Crippen molar-refractivity contribution in [1.29, 1.82) is 0 Å². The molecule has 0 aliphatic carbocycles. The van der Waals surface area contributed by atoms with Gasteiger partial charge in [-0.3, -0.25) is 4.79 Å². The van der Waals surface area contributed by atoms with E-state index in [2.05, 4.69) is 39.4 Å². The highest BCUT2D eigenvalue weighted by Gasteiger charge is 2.13. The molecule has 5 nitrogen and oxygen atoms in total. The number of benzene rings is 1. The van der Waals surface area contributed by atoms with Gasteiger partial charge in [0.1, 0.15) is 0 Å². The molecule has 0 spiro atoms. The number of H-pyrrole nitrogens is 1. The van der Waals surface area contributed by atoms with E-state index in [1.165, 1.54) is 5.56 Å². The zero-order valence-corrected chi connectivity index (χ0v) is 13.6. The van der Waals surface area contributed by atoms with Gasteiger partial charge < -0.3 is 9.40 Å². The van der Waals surface area contributed by atoms with Crippen LogP contribution in [0.2, 0.25) is 0 Å². The molecule has 24 heavy (non-hydrogen) atoms. The first kappa shape index (κ1) is 16.2. The van der Waals surface area contributed by atoms with Gasteiger partial charge in [0.15, 0.2) is 23.2 Å². The lowest BCUT2D eigenvalue weighted by Crippen LogP contribution is -2.01. The molecule has 1 aromatic carbocycles. The lowest BCUT2D eigenvalue weighted by Gasteiger charge is -2.01. The molecule has 0 saturated heterocycles. The van der Waals surface area contributed by atoms with Crippen LogP contribution in [0.3, 0.4) is 0 Å². The molecule has 0 bridgehead atoms. The van der Waals surface area contributed by atoms with Crippen LogP contribution < -0.4 is 0 Å². The minimum absolute atomic E-state index is 0.00312. The Labute approximate surface area is 141 Å². The molecule has 2 heterocycles. The summed E-state index contributed by atoms with van der Waals surface area (Å²) >= 11 is 0. The number of carbonyl (C=O) groups excluding carboxylic acids is 1. The number of unbranched alkanes of at least 4 members (excludes halogenated alkanes) is 3. The Balaban J connectivity index is 1.35. The van der Waals surface area contributed by atoms with Crippen molar-refractivity contribution in [3.8, 4) is 11.6 Å². The van der Waals surface area contributed by atoms with Crippen LogP contribution in [-0.4, -0.2) is 21.0 Å². The number of hydrogen-bond donors (Lipinski definition) is 1. The highest BCUT2D eigenvalue weighted by Crippen LogP contribution is 2.15. The molecule has 0 unspecified atom stereocenters. The van der Waals surface area contributed by atoms with E-state index in [0.717, 1.165) is 32.1 Å². The number of ketones is 1. The van der Waals surface area contributed by atoms with Crippen molar-refractivity contribution in [2.75, 3.05) is 0 Å². The van der Waals surface area contributed by atoms with Gasteiger partial charge in [-0.15, -0.1) is 10.2 Å². The molecule has 3 rings (SSSR count). The Morgan fingerprint density at radius 3 is 2.58 bits per heavy atom. The standard InChI is InChI=1S/C19H21N3O2/c23-16(18-20-19(22-21-18)17-13-8-14-24-17)12-7-2-1-4-9-15-10-5-3-6-11-15/h3,5-6,8,10-11,13-14H,1-2,4,7,9,12H2,(H,20,21,22)/i16+2. The second-order valence-electron chi connectivity index (χ2n) is 5.82. The van der Waals surface area contributed by atoms with Crippen molar-refractivity contribution in [1.82, 2.24) is 15.2 Å². The molecular formula is C19H21N3O2. The van der Waals surface area contributed by atoms with Crippen LogP contribution in [0.15, 0.2) is 53.1 Å². The van der Waals surface area contributed by atoms with Crippen LogP contribution >= 0.6 is 0 Å². The maximum absolute atomic E-state index is 12.1. The SMILES string of the molecule is O=[14C](CCCCCCc1ccccc1)c1nnc(-c2ccco2)[nH]1. The van der Waals surface area contributed by atoms with Gasteiger partial charge in [-0.05, 0) is 37.0 Å². The van der Waals surface area contributed by atoms with E-state index >= 15 is 0 Å². The third-order valence-corrected chi connectivity index (χ3v) is 3.97. The topological polar surface area (TPSA) is 71.8 Å². The smallest absolute Gasteiger partial charge is 0.199 e. The number of hydrogen-bond acceptors (Lipinski definition) is 4. The van der Waals surface area contributed by atoms with Crippen LogP contribution in [-0.2, 0) is 6.42 Å². The van der Waals surface area contributed by atoms with Crippen molar-refractivity contribution >= 4 is 5.78 Å². The fourth-order valence-electron chi connectivity index (χ4n) is 2.64. The van der Waals surface area contributed by atoms with Gasteiger partial charge in [-0.2, -0.15) is 0 Å². The molecule has 0 saturated carbocycles. The number of carbonyl (C=O) groups is 1. The number of rotatable bonds is 9. The molecule has 0 aliphatic rings. The van der Waals surface area contributed by atoms with Gasteiger partial charge in [0.25, 0.3) is 0 Å². The van der Waals surface area contributed by atoms with E-state index < -0.39 is 0 Å². The second-order valence-corrected chi connectivity index (χ2v) is 5.82. The predicted octanol–water partition coefficient (Wildman–Crippen LogP) is 4.44. The Morgan fingerprint density at radius 1 is 0.958 bits per heavy atom. The lowest BCUT2D eigenvalue weighted by atomic mass is 10.1. The summed E-state index contributed by atoms with van der Waals surface area (Å²) in [4.78, 5) is 15.0. The van der Waals surface area contributed by atoms with E-state index in [1.807, 2.05) is 6.07 Å². The number of Topliss-reactive ketones (excluding diaryl/α,β-unsaturated/α-hetero) is 1. The van der Waals surface area contributed by atoms with Crippen LogP contribution in [0.4, 0.5) is 0 Å². The van der Waals surface area contributed by atoms with Crippen molar-refractivity contribution in [3.05, 3.63) is 60.1 Å². The summed E-state index contributed by atoms with van der Waals surface area (Å²) in [6, 6.07) is 14.0. The van der Waals surface area contributed by atoms with Crippen molar-refractivity contribution < 1.29 is 9.21 Å². The minimum Gasteiger partial charge on any atom is -0.461 e. The fraction of sp³-hybridized carbons (Fsp3) is 0.316. The molecule has 0 atom stereocenters. The average molecular weight is 325 g/mol. The van der Waals surface area contributed by atoms with Gasteiger partial charge in [-0.1, -0.05) is 43.2 Å². The highest BCUT2D eigenvalue weighted by molar-refractivity contribution is 5.92. The third-order valence-electron chi connectivity index (χ3n) is 3.97. The summed E-state index contributed by atoms with van der Waals surface area (Å²) in [6.45, 7) is 0. The Morgan fingerprint density at radius 2 is 1.79 bits per heavy atom. The van der Waals surface area contributed by atoms with E-state index in [-0.39, 0.29) is 5.78 Å². The number of aromatic amines is 1. The first-order chi connectivity index (χ1) is 11.8. The first-order valence-corrected chi connectivity index (χ1v) is 8.36. The number of aromatic nitrogens is 3. The summed E-state index contributed by atoms with van der Waals surface area (Å²) in [7, 11) is 0. The normalized spacial score (nSPS) is 10.8. The van der Waals surface area contributed by atoms with Gasteiger partial charge >= 0.3 is 0 Å². The summed E-state index contributed by atoms with van der Waals surface area (Å²) in [6.07, 6.45) is 7.39. The molecule has 124 valence electrons. The van der Waals surface area contributed by atoms with Crippen LogP contribution in [0.1, 0.15) is 48.3 Å². The number of nitrogens with zero attached hydrogens (tertiary/aromatic N) is 2. The maximum Gasteiger partial charge on any atom is 0.199 e. The zero-order chi connectivity index (χ0) is 16.6. The average Bonchev–Trinajstić information content (AvgIpc) is 3.29. The Kier molecular flexibility index (Phi) is 5.56. The van der Waals surface area contributed by atoms with Crippen molar-refractivity contribution in [2.45, 2.75) is 38.5 Å². The zero-order valence-electron chi connectivity index (χ0n) is 13.6. The molecule has 0 radical (unpaired) electrons. The summed E-state index contributed by atoms with van der Waals surface area (Å²) in [5, 5.41) is 7.86. The number of furan rings is 1. The molecule has 1 N–H and O–H groups in total. The Hall–Kier alpha value is -2.69. The molecular weight excluding hydrogens is 304 g/mol. The predicted molar refractivity (Wildman–Crippen MR) is 91.6 cm³/mol. The Bertz CT molecular complexity index is 748. The van der Waals surface area contributed by atoms with Crippen molar-refractivity contribution in [2.24, 2.45) is 0 Å². The first-order valence-electron chi connectivity index (χ1n) is 8.36. The van der Waals surface area contributed by atoms with E-state index in [1.54, 1.807) is 18.4 Å². The van der Waals surface area contributed by atoms with E-state index in [4.69, 9.17) is 4.42 Å². The van der Waals surface area contributed by atoms with Gasteiger partial charge in [0.05, 0.1) is 6.26 Å². The largest absolute Gasteiger partial charge is 0.461 e. The van der Waals surface area contributed by atoms with Gasteiger partial charge in [0, 0.05) is 6.42 Å². The van der Waals surface area contributed by atoms with Crippen molar-refractivity contribution in [3.63, 3.8) is 0 Å². The molecule has 3 aromatic rings. The monoisotopic (exact) mass is 325 g/mol. The molecule has 2 aromatic heterocycles. The number of nitrogens with one attached hydrogen (secondary N) is 1. The number of aryl methyl sites for hydroxylation is 1. The van der Waals surface area contributed by atoms with E-state index in [9.17, 15) is 4.79 Å². The summed E-state index contributed by atoms with van der Waals surface area (Å²) in [5.74, 6) is 1.39. The second kappa shape index (κ2) is 8.24. The van der Waals surface area contributed by atoms with Crippen LogP contribution in [0.5, 0.6) is 0 Å². The van der Waals surface area contributed by atoms with Gasteiger partial charge in [0.2, 0.25) is 0 Å². The van der Waals surface area contributed by atoms with Crippen LogP contribution in [0, 0.1) is 0 Å². The molecule has 5 heteroatoms. The van der Waals surface area contributed by atoms with Gasteiger partial charge in [-0.25, -0.2) is 0 Å². The summed E-state index contributed by atoms with van der Waals surface area (Å²) < 4.78 is 5.23. The lowest BCUT2D eigenvalue weighted by molar-refractivity contribution is 0.0969. The fourth-order valence-corrected chi connectivity index (χ4v) is 2.64. The maximum atomic E-state index is 12.1. The quantitative estimate of drug-likeness (QED) is 0.466. The minimum atomic E-state index is 0.00312.